The SMILES string of the molecule is C[C@@H]1CNC[C@H](n2cc(C(=O)O)nn2)C1. The molecule has 0 amide bonds. The fraction of sp³-hybridized carbons (Fsp3) is 0.667. The van der Waals surface area contributed by atoms with Crippen LogP contribution in [0.1, 0.15) is 29.9 Å². The van der Waals surface area contributed by atoms with Crippen LogP contribution in [-0.4, -0.2) is 39.2 Å². The number of aromatic nitrogens is 3. The zero-order valence-electron chi connectivity index (χ0n) is 8.55. The number of nitrogens with zero attached hydrogens (tertiary/aromatic N) is 3. The zero-order chi connectivity index (χ0) is 10.8. The average molecular weight is 210 g/mol. The lowest BCUT2D eigenvalue weighted by molar-refractivity contribution is 0.0690. The molecule has 1 aliphatic heterocycles. The molecule has 2 rings (SSSR count). The van der Waals surface area contributed by atoms with E-state index in [4.69, 9.17) is 5.11 Å². The van der Waals surface area contributed by atoms with Gasteiger partial charge in [-0.05, 0) is 18.9 Å². The number of rotatable bonds is 2. The minimum Gasteiger partial charge on any atom is -0.476 e. The van der Waals surface area contributed by atoms with Gasteiger partial charge in [0.1, 0.15) is 0 Å². The first-order valence-corrected chi connectivity index (χ1v) is 5.02. The number of aromatic carboxylic acids is 1. The summed E-state index contributed by atoms with van der Waals surface area (Å²) in [6.07, 6.45) is 2.50. The van der Waals surface area contributed by atoms with E-state index in [-0.39, 0.29) is 11.7 Å². The van der Waals surface area contributed by atoms with Gasteiger partial charge >= 0.3 is 5.97 Å². The Hall–Kier alpha value is -1.43. The van der Waals surface area contributed by atoms with Crippen molar-refractivity contribution < 1.29 is 9.90 Å². The van der Waals surface area contributed by atoms with Crippen LogP contribution in [-0.2, 0) is 0 Å². The van der Waals surface area contributed by atoms with Crippen molar-refractivity contribution in [3.8, 4) is 0 Å². The Morgan fingerprint density at radius 1 is 1.67 bits per heavy atom. The quantitative estimate of drug-likeness (QED) is 0.726. The van der Waals surface area contributed by atoms with Gasteiger partial charge in [-0.2, -0.15) is 0 Å². The van der Waals surface area contributed by atoms with E-state index in [0.717, 1.165) is 19.5 Å². The molecule has 82 valence electrons. The van der Waals surface area contributed by atoms with E-state index in [1.54, 1.807) is 4.68 Å². The van der Waals surface area contributed by atoms with Crippen molar-refractivity contribution in [1.29, 1.82) is 0 Å². The van der Waals surface area contributed by atoms with Gasteiger partial charge in [-0.3, -0.25) is 0 Å². The van der Waals surface area contributed by atoms with Crippen LogP contribution in [0.5, 0.6) is 0 Å². The van der Waals surface area contributed by atoms with Crippen molar-refractivity contribution in [1.82, 2.24) is 20.3 Å². The van der Waals surface area contributed by atoms with E-state index in [0.29, 0.717) is 5.92 Å². The Morgan fingerprint density at radius 2 is 2.47 bits per heavy atom. The van der Waals surface area contributed by atoms with E-state index < -0.39 is 5.97 Å². The molecule has 2 atom stereocenters. The van der Waals surface area contributed by atoms with Crippen molar-refractivity contribution in [2.45, 2.75) is 19.4 Å². The summed E-state index contributed by atoms with van der Waals surface area (Å²) in [6.45, 7) is 4.00. The van der Waals surface area contributed by atoms with Crippen molar-refractivity contribution >= 4 is 5.97 Å². The molecule has 2 heterocycles. The van der Waals surface area contributed by atoms with Crippen LogP contribution in [0.25, 0.3) is 0 Å². The maximum absolute atomic E-state index is 10.6. The molecular formula is C9H14N4O2. The summed E-state index contributed by atoms with van der Waals surface area (Å²) < 4.78 is 1.64. The standard InChI is InChI=1S/C9H14N4O2/c1-6-2-7(4-10-3-6)13-5-8(9(14)15)11-12-13/h5-7,10H,2-4H2,1H3,(H,14,15)/t6-,7+/m0/s1. The van der Waals surface area contributed by atoms with E-state index >= 15 is 0 Å². The topological polar surface area (TPSA) is 80.0 Å². The fourth-order valence-corrected chi connectivity index (χ4v) is 1.88. The monoisotopic (exact) mass is 210 g/mol. The molecule has 1 aromatic heterocycles. The van der Waals surface area contributed by atoms with Gasteiger partial charge in [-0.25, -0.2) is 9.48 Å². The first-order chi connectivity index (χ1) is 7.16. The van der Waals surface area contributed by atoms with Crippen molar-refractivity contribution in [2.24, 2.45) is 5.92 Å². The molecule has 1 aromatic rings. The Balaban J connectivity index is 2.11. The van der Waals surface area contributed by atoms with Gasteiger partial charge in [0.05, 0.1) is 12.2 Å². The lowest BCUT2D eigenvalue weighted by atomic mass is 9.98. The summed E-state index contributed by atoms with van der Waals surface area (Å²) in [5, 5.41) is 19.4. The van der Waals surface area contributed by atoms with Crippen molar-refractivity contribution in [2.75, 3.05) is 13.1 Å². The largest absolute Gasteiger partial charge is 0.476 e. The van der Waals surface area contributed by atoms with Gasteiger partial charge in [0.15, 0.2) is 5.69 Å². The molecule has 0 aliphatic carbocycles. The van der Waals surface area contributed by atoms with Gasteiger partial charge in [0.25, 0.3) is 0 Å². The normalized spacial score (nSPS) is 26.5. The fourth-order valence-electron chi connectivity index (χ4n) is 1.88. The minimum absolute atomic E-state index is 0.00762. The molecule has 0 unspecified atom stereocenters. The summed E-state index contributed by atoms with van der Waals surface area (Å²) in [5.41, 5.74) is 0.00762. The Morgan fingerprint density at radius 3 is 3.07 bits per heavy atom. The zero-order valence-corrected chi connectivity index (χ0v) is 8.55. The van der Waals surface area contributed by atoms with Gasteiger partial charge in [0, 0.05) is 6.54 Å². The van der Waals surface area contributed by atoms with E-state index in [9.17, 15) is 4.79 Å². The number of carboxylic acid groups (broad SMARTS) is 1. The highest BCUT2D eigenvalue weighted by Crippen LogP contribution is 2.19. The number of piperidine rings is 1. The highest BCUT2D eigenvalue weighted by molar-refractivity contribution is 5.84. The summed E-state index contributed by atoms with van der Waals surface area (Å²) >= 11 is 0. The molecule has 15 heavy (non-hydrogen) atoms. The minimum atomic E-state index is -1.03. The van der Waals surface area contributed by atoms with Crippen LogP contribution < -0.4 is 5.32 Å². The molecule has 0 spiro atoms. The van der Waals surface area contributed by atoms with Crippen molar-refractivity contribution in [3.05, 3.63) is 11.9 Å². The highest BCUT2D eigenvalue weighted by Gasteiger charge is 2.21. The van der Waals surface area contributed by atoms with Crippen LogP contribution in [0, 0.1) is 5.92 Å². The average Bonchev–Trinajstić information content (AvgIpc) is 2.66. The third-order valence-electron chi connectivity index (χ3n) is 2.65. The van der Waals surface area contributed by atoms with E-state index in [2.05, 4.69) is 22.6 Å². The second-order valence-electron chi connectivity index (χ2n) is 4.04. The lowest BCUT2D eigenvalue weighted by Crippen LogP contribution is -2.36. The van der Waals surface area contributed by atoms with Crippen LogP contribution in [0.4, 0.5) is 0 Å². The Labute approximate surface area is 87.3 Å². The molecule has 0 saturated carbocycles. The summed E-state index contributed by atoms with van der Waals surface area (Å²) in [5.74, 6) is -0.445. The van der Waals surface area contributed by atoms with Gasteiger partial charge in [-0.15, -0.1) is 5.10 Å². The predicted octanol–water partition coefficient (Wildman–Crippen LogP) is 0.147. The summed E-state index contributed by atoms with van der Waals surface area (Å²) in [7, 11) is 0. The summed E-state index contributed by atoms with van der Waals surface area (Å²) in [6, 6.07) is 0.217. The summed E-state index contributed by atoms with van der Waals surface area (Å²) in [4.78, 5) is 10.6. The molecule has 2 N–H and O–H groups in total. The van der Waals surface area contributed by atoms with Gasteiger partial charge < -0.3 is 10.4 Å². The number of carbonyl (C=O) groups is 1. The van der Waals surface area contributed by atoms with Crippen molar-refractivity contribution in [3.63, 3.8) is 0 Å². The smallest absolute Gasteiger partial charge is 0.358 e. The first kappa shape index (κ1) is 10.1. The lowest BCUT2D eigenvalue weighted by Gasteiger charge is -2.27. The molecule has 6 heteroatoms. The Kier molecular flexibility index (Phi) is 2.68. The number of hydrogen-bond donors (Lipinski definition) is 2. The van der Waals surface area contributed by atoms with Crippen LogP contribution >= 0.6 is 0 Å². The molecule has 0 radical (unpaired) electrons. The van der Waals surface area contributed by atoms with E-state index in [1.165, 1.54) is 6.20 Å². The highest BCUT2D eigenvalue weighted by atomic mass is 16.4. The molecule has 1 aliphatic rings. The van der Waals surface area contributed by atoms with Crippen LogP contribution in [0.2, 0.25) is 0 Å². The number of nitrogens with one attached hydrogen (secondary N) is 1. The predicted molar refractivity (Wildman–Crippen MR) is 52.7 cm³/mol. The third kappa shape index (κ3) is 2.15. The molecule has 6 nitrogen and oxygen atoms in total. The maximum Gasteiger partial charge on any atom is 0.358 e. The molecule has 1 saturated heterocycles. The maximum atomic E-state index is 10.6. The Bertz CT molecular complexity index is 363. The molecule has 1 fully saturated rings. The van der Waals surface area contributed by atoms with E-state index in [1.807, 2.05) is 0 Å². The van der Waals surface area contributed by atoms with Gasteiger partial charge in [0.2, 0.25) is 0 Å². The molecule has 0 bridgehead atoms. The van der Waals surface area contributed by atoms with Crippen LogP contribution in [0.15, 0.2) is 6.20 Å². The second-order valence-corrected chi connectivity index (χ2v) is 4.04. The third-order valence-corrected chi connectivity index (χ3v) is 2.65. The molecule has 0 aromatic carbocycles. The van der Waals surface area contributed by atoms with Gasteiger partial charge in [-0.1, -0.05) is 12.1 Å². The number of hydrogen-bond acceptors (Lipinski definition) is 4. The molecular weight excluding hydrogens is 196 g/mol. The second kappa shape index (κ2) is 3.98. The number of carboxylic acids is 1. The first-order valence-electron chi connectivity index (χ1n) is 5.02. The van der Waals surface area contributed by atoms with Crippen LogP contribution in [0.3, 0.4) is 0 Å².